The van der Waals surface area contributed by atoms with Crippen LogP contribution in [0.15, 0.2) is 42.7 Å². The Hall–Kier alpha value is -1.85. The average molecular weight is 215 g/mol. The third-order valence-electron chi connectivity index (χ3n) is 2.03. The summed E-state index contributed by atoms with van der Waals surface area (Å²) in [5, 5.41) is 9.42. The van der Waals surface area contributed by atoms with Crippen molar-refractivity contribution in [3.05, 3.63) is 53.3 Å². The number of nitrogens with zero attached hydrogens (tertiary/aromatic N) is 2. The summed E-state index contributed by atoms with van der Waals surface area (Å²) >= 11 is 5.88. The van der Waals surface area contributed by atoms with Crippen molar-refractivity contribution in [1.29, 1.82) is 5.26 Å². The SMILES string of the molecule is N#Cc1cncc(-c2cccc(Cl)c2)c1. The van der Waals surface area contributed by atoms with Gasteiger partial charge in [0.15, 0.2) is 0 Å². The molecule has 0 aliphatic heterocycles. The minimum Gasteiger partial charge on any atom is -0.263 e. The molecule has 0 aliphatic carbocycles. The average Bonchev–Trinajstić information content (AvgIpc) is 2.29. The first-order chi connectivity index (χ1) is 7.29. The molecule has 0 aliphatic rings. The Morgan fingerprint density at radius 2 is 2.00 bits per heavy atom. The summed E-state index contributed by atoms with van der Waals surface area (Å²) < 4.78 is 0. The lowest BCUT2D eigenvalue weighted by Crippen LogP contribution is -1.82. The van der Waals surface area contributed by atoms with Gasteiger partial charge < -0.3 is 0 Å². The predicted octanol–water partition coefficient (Wildman–Crippen LogP) is 3.27. The lowest BCUT2D eigenvalue weighted by atomic mass is 10.1. The number of rotatable bonds is 1. The number of halogens is 1. The maximum absolute atomic E-state index is 8.75. The highest BCUT2D eigenvalue weighted by Crippen LogP contribution is 2.22. The van der Waals surface area contributed by atoms with Crippen LogP contribution >= 0.6 is 11.6 Å². The quantitative estimate of drug-likeness (QED) is 0.731. The van der Waals surface area contributed by atoms with Crippen molar-refractivity contribution in [3.63, 3.8) is 0 Å². The molecule has 0 saturated heterocycles. The highest BCUT2D eigenvalue weighted by atomic mass is 35.5. The molecule has 15 heavy (non-hydrogen) atoms. The molecule has 1 aromatic heterocycles. The van der Waals surface area contributed by atoms with Gasteiger partial charge in [-0.3, -0.25) is 4.98 Å². The Kier molecular flexibility index (Phi) is 2.66. The summed E-state index contributed by atoms with van der Waals surface area (Å²) in [5.74, 6) is 0. The molecular weight excluding hydrogens is 208 g/mol. The zero-order valence-electron chi connectivity index (χ0n) is 7.81. The fourth-order valence-electron chi connectivity index (χ4n) is 1.33. The number of pyridine rings is 1. The zero-order chi connectivity index (χ0) is 10.7. The lowest BCUT2D eigenvalue weighted by Gasteiger charge is -2.01. The van der Waals surface area contributed by atoms with E-state index in [0.29, 0.717) is 10.6 Å². The fourth-order valence-corrected chi connectivity index (χ4v) is 1.52. The van der Waals surface area contributed by atoms with E-state index in [2.05, 4.69) is 11.1 Å². The van der Waals surface area contributed by atoms with Gasteiger partial charge in [0, 0.05) is 23.0 Å². The molecule has 0 bridgehead atoms. The number of nitriles is 1. The molecule has 0 radical (unpaired) electrons. The molecule has 0 saturated carbocycles. The van der Waals surface area contributed by atoms with Gasteiger partial charge in [0.05, 0.1) is 5.56 Å². The summed E-state index contributed by atoms with van der Waals surface area (Å²) in [7, 11) is 0. The summed E-state index contributed by atoms with van der Waals surface area (Å²) in [6.45, 7) is 0. The summed E-state index contributed by atoms with van der Waals surface area (Å²) in [5.41, 5.74) is 2.41. The molecule has 0 fully saturated rings. The van der Waals surface area contributed by atoms with E-state index in [-0.39, 0.29) is 0 Å². The van der Waals surface area contributed by atoms with Gasteiger partial charge in [-0.1, -0.05) is 23.7 Å². The normalized spacial score (nSPS) is 9.60. The van der Waals surface area contributed by atoms with Crippen molar-refractivity contribution >= 4 is 11.6 Å². The van der Waals surface area contributed by atoms with Crippen LogP contribution < -0.4 is 0 Å². The standard InChI is InChI=1S/C12H7ClN2/c13-12-3-1-2-10(5-12)11-4-9(6-14)7-15-8-11/h1-5,7-8H. The van der Waals surface area contributed by atoms with E-state index in [0.717, 1.165) is 11.1 Å². The Morgan fingerprint density at radius 3 is 2.73 bits per heavy atom. The van der Waals surface area contributed by atoms with Crippen LogP contribution in [0.5, 0.6) is 0 Å². The predicted molar refractivity (Wildman–Crippen MR) is 59.4 cm³/mol. The molecule has 0 spiro atoms. The second kappa shape index (κ2) is 4.12. The number of aromatic nitrogens is 1. The van der Waals surface area contributed by atoms with Gasteiger partial charge in [-0.2, -0.15) is 5.26 Å². The minimum absolute atomic E-state index is 0.549. The van der Waals surface area contributed by atoms with Gasteiger partial charge in [0.1, 0.15) is 6.07 Å². The smallest absolute Gasteiger partial charge is 0.101 e. The van der Waals surface area contributed by atoms with Gasteiger partial charge >= 0.3 is 0 Å². The fraction of sp³-hybridized carbons (Fsp3) is 0. The van der Waals surface area contributed by atoms with Gasteiger partial charge in [0.2, 0.25) is 0 Å². The first-order valence-corrected chi connectivity index (χ1v) is 4.78. The topological polar surface area (TPSA) is 36.7 Å². The van der Waals surface area contributed by atoms with Crippen molar-refractivity contribution < 1.29 is 0 Å². The van der Waals surface area contributed by atoms with E-state index in [1.165, 1.54) is 6.20 Å². The Morgan fingerprint density at radius 1 is 1.13 bits per heavy atom. The molecule has 0 atom stereocenters. The van der Waals surface area contributed by atoms with Gasteiger partial charge in [-0.25, -0.2) is 0 Å². The summed E-state index contributed by atoms with van der Waals surface area (Å²) in [6, 6.07) is 11.3. The Labute approximate surface area is 92.8 Å². The molecular formula is C12H7ClN2. The lowest BCUT2D eigenvalue weighted by molar-refractivity contribution is 1.30. The Balaban J connectivity index is 2.50. The van der Waals surface area contributed by atoms with Crippen LogP contribution in [0.3, 0.4) is 0 Å². The number of hydrogen-bond donors (Lipinski definition) is 0. The van der Waals surface area contributed by atoms with Crippen LogP contribution in [-0.2, 0) is 0 Å². The minimum atomic E-state index is 0.549. The van der Waals surface area contributed by atoms with E-state index in [1.54, 1.807) is 12.3 Å². The van der Waals surface area contributed by atoms with E-state index in [1.807, 2.05) is 24.3 Å². The van der Waals surface area contributed by atoms with E-state index >= 15 is 0 Å². The highest BCUT2D eigenvalue weighted by Gasteiger charge is 2.00. The zero-order valence-corrected chi connectivity index (χ0v) is 8.57. The third kappa shape index (κ3) is 2.15. The molecule has 2 nitrogen and oxygen atoms in total. The van der Waals surface area contributed by atoms with Crippen molar-refractivity contribution in [2.24, 2.45) is 0 Å². The molecule has 3 heteroatoms. The number of hydrogen-bond acceptors (Lipinski definition) is 2. The molecule has 0 N–H and O–H groups in total. The first-order valence-electron chi connectivity index (χ1n) is 4.41. The first kappa shape index (κ1) is 9.70. The molecule has 1 aromatic carbocycles. The van der Waals surface area contributed by atoms with Gasteiger partial charge in [-0.15, -0.1) is 0 Å². The third-order valence-corrected chi connectivity index (χ3v) is 2.26. The summed E-state index contributed by atoms with van der Waals surface area (Å²) in [6.07, 6.45) is 3.25. The van der Waals surface area contributed by atoms with Crippen molar-refractivity contribution in [1.82, 2.24) is 4.98 Å². The second-order valence-corrected chi connectivity index (χ2v) is 3.52. The molecule has 0 unspecified atom stereocenters. The van der Waals surface area contributed by atoms with Crippen molar-refractivity contribution in [2.45, 2.75) is 0 Å². The van der Waals surface area contributed by atoms with Crippen molar-refractivity contribution in [3.8, 4) is 17.2 Å². The molecule has 0 amide bonds. The van der Waals surface area contributed by atoms with Crippen molar-refractivity contribution in [2.75, 3.05) is 0 Å². The van der Waals surface area contributed by atoms with Gasteiger partial charge in [0.25, 0.3) is 0 Å². The van der Waals surface area contributed by atoms with Crippen LogP contribution in [0, 0.1) is 11.3 Å². The van der Waals surface area contributed by atoms with E-state index < -0.39 is 0 Å². The summed E-state index contributed by atoms with van der Waals surface area (Å²) in [4.78, 5) is 4.00. The van der Waals surface area contributed by atoms with E-state index in [9.17, 15) is 0 Å². The van der Waals surface area contributed by atoms with Gasteiger partial charge in [-0.05, 0) is 23.8 Å². The Bertz CT molecular complexity index is 529. The monoisotopic (exact) mass is 214 g/mol. The van der Waals surface area contributed by atoms with Crippen LogP contribution in [0.25, 0.3) is 11.1 Å². The van der Waals surface area contributed by atoms with Crippen LogP contribution in [0.1, 0.15) is 5.56 Å². The van der Waals surface area contributed by atoms with Crippen LogP contribution in [0.2, 0.25) is 5.02 Å². The second-order valence-electron chi connectivity index (χ2n) is 3.08. The maximum atomic E-state index is 8.75. The van der Waals surface area contributed by atoms with E-state index in [4.69, 9.17) is 16.9 Å². The molecule has 72 valence electrons. The van der Waals surface area contributed by atoms with Crippen LogP contribution in [0.4, 0.5) is 0 Å². The molecule has 2 rings (SSSR count). The highest BCUT2D eigenvalue weighted by molar-refractivity contribution is 6.30. The maximum Gasteiger partial charge on any atom is 0.101 e. The molecule has 1 heterocycles. The largest absolute Gasteiger partial charge is 0.263 e. The molecule has 2 aromatic rings. The van der Waals surface area contributed by atoms with Crippen LogP contribution in [-0.4, -0.2) is 4.98 Å². The number of benzene rings is 1.